The maximum atomic E-state index is 14.1. The minimum atomic E-state index is -0.894. The number of amides is 1. The number of carbonyl (C=O) groups is 2. The number of carbonyl (C=O) groups excluding carboxylic acids is 1. The highest BCUT2D eigenvalue weighted by Crippen LogP contribution is 2.30. The molecular weight excluding hydrogens is 301 g/mol. The maximum Gasteiger partial charge on any atom is 0.311 e. The molecule has 2 rings (SSSR count). The number of aliphatic carboxylic acids is 1. The van der Waals surface area contributed by atoms with E-state index in [9.17, 15) is 19.1 Å². The van der Waals surface area contributed by atoms with Crippen molar-refractivity contribution >= 4 is 11.9 Å². The number of benzene rings is 1. The molecule has 1 aromatic carbocycles. The smallest absolute Gasteiger partial charge is 0.311 e. The zero-order valence-corrected chi connectivity index (χ0v) is 13.5. The number of carboxylic acid groups (broad SMARTS) is 1. The molecule has 23 heavy (non-hydrogen) atoms. The van der Waals surface area contributed by atoms with Gasteiger partial charge in [-0.15, -0.1) is 0 Å². The quantitative estimate of drug-likeness (QED) is 0.904. The molecule has 6 heteroatoms. The Hall–Kier alpha value is -2.11. The number of aryl methyl sites for hydroxylation is 1. The normalized spacial score (nSPS) is 21.1. The molecule has 1 saturated heterocycles. The second-order valence-corrected chi connectivity index (χ2v) is 6.22. The zero-order valence-electron chi connectivity index (χ0n) is 13.5. The summed E-state index contributed by atoms with van der Waals surface area (Å²) in [5.74, 6) is -1.31. The number of halogens is 1. The minimum absolute atomic E-state index is 0.139. The summed E-state index contributed by atoms with van der Waals surface area (Å²) in [4.78, 5) is 25.2. The van der Waals surface area contributed by atoms with Crippen molar-refractivity contribution in [3.05, 3.63) is 29.6 Å². The molecule has 1 heterocycles. The van der Waals surface area contributed by atoms with E-state index in [0.29, 0.717) is 24.9 Å². The highest BCUT2D eigenvalue weighted by molar-refractivity contribution is 5.79. The zero-order chi connectivity index (χ0) is 17.0. The van der Waals surface area contributed by atoms with E-state index in [1.807, 2.05) is 0 Å². The lowest BCUT2D eigenvalue weighted by molar-refractivity contribution is -0.153. The predicted molar refractivity (Wildman–Crippen MR) is 82.8 cm³/mol. The van der Waals surface area contributed by atoms with Crippen LogP contribution in [-0.2, 0) is 16.0 Å². The van der Waals surface area contributed by atoms with Crippen LogP contribution < -0.4 is 4.74 Å². The summed E-state index contributed by atoms with van der Waals surface area (Å²) in [5.41, 5.74) is -0.467. The van der Waals surface area contributed by atoms with Crippen molar-refractivity contribution in [2.24, 2.45) is 5.41 Å². The van der Waals surface area contributed by atoms with Crippen LogP contribution >= 0.6 is 0 Å². The van der Waals surface area contributed by atoms with Crippen molar-refractivity contribution < 1.29 is 23.8 Å². The first kappa shape index (κ1) is 17.2. The lowest BCUT2D eigenvalue weighted by Gasteiger charge is -2.37. The first-order valence-electron chi connectivity index (χ1n) is 7.70. The summed E-state index contributed by atoms with van der Waals surface area (Å²) in [6, 6.07) is 4.84. The standard InChI is InChI=1S/C17H22FNO4/c1-17(16(21)22)9-4-10-19(11-17)14(20)8-7-12-5-3-6-13(23-2)15(12)18/h3,5-6H,4,7-11H2,1-2H3,(H,21,22). The van der Waals surface area contributed by atoms with E-state index >= 15 is 0 Å². The first-order valence-corrected chi connectivity index (χ1v) is 7.70. The molecule has 1 N–H and O–H groups in total. The van der Waals surface area contributed by atoms with Crippen molar-refractivity contribution in [3.63, 3.8) is 0 Å². The maximum absolute atomic E-state index is 14.1. The molecule has 0 aliphatic carbocycles. The van der Waals surface area contributed by atoms with Crippen LogP contribution in [0.3, 0.4) is 0 Å². The van der Waals surface area contributed by atoms with Crippen LogP contribution in [0.5, 0.6) is 5.75 Å². The summed E-state index contributed by atoms with van der Waals surface area (Å²) < 4.78 is 19.0. The molecule has 1 aromatic rings. The lowest BCUT2D eigenvalue weighted by atomic mass is 9.82. The molecule has 0 saturated carbocycles. The monoisotopic (exact) mass is 323 g/mol. The van der Waals surface area contributed by atoms with E-state index in [1.165, 1.54) is 13.2 Å². The molecular formula is C17H22FNO4. The van der Waals surface area contributed by atoms with Crippen LogP contribution in [0.4, 0.5) is 4.39 Å². The fourth-order valence-corrected chi connectivity index (χ4v) is 2.93. The average Bonchev–Trinajstić information content (AvgIpc) is 2.53. The van der Waals surface area contributed by atoms with Gasteiger partial charge in [0.25, 0.3) is 0 Å². The number of hydrogen-bond acceptors (Lipinski definition) is 3. The Bertz CT molecular complexity index is 604. The number of ether oxygens (including phenoxy) is 1. The summed E-state index contributed by atoms with van der Waals surface area (Å²) in [6.45, 7) is 2.43. The lowest BCUT2D eigenvalue weighted by Crippen LogP contribution is -2.48. The van der Waals surface area contributed by atoms with E-state index in [2.05, 4.69) is 0 Å². The third kappa shape index (κ3) is 3.81. The SMILES string of the molecule is COc1cccc(CCC(=O)N2CCCC(C)(C(=O)O)C2)c1F. The number of piperidine rings is 1. The third-order valence-corrected chi connectivity index (χ3v) is 4.44. The van der Waals surface area contributed by atoms with Crippen LogP contribution in [0, 0.1) is 11.2 Å². The minimum Gasteiger partial charge on any atom is -0.494 e. The van der Waals surface area contributed by atoms with Crippen LogP contribution in [0.25, 0.3) is 0 Å². The van der Waals surface area contributed by atoms with Gasteiger partial charge >= 0.3 is 5.97 Å². The largest absolute Gasteiger partial charge is 0.494 e. The molecule has 1 fully saturated rings. The number of nitrogens with zero attached hydrogens (tertiary/aromatic N) is 1. The van der Waals surface area contributed by atoms with Crippen LogP contribution in [-0.4, -0.2) is 42.1 Å². The fraction of sp³-hybridized carbons (Fsp3) is 0.529. The van der Waals surface area contributed by atoms with Gasteiger partial charge in [-0.1, -0.05) is 12.1 Å². The van der Waals surface area contributed by atoms with Crippen molar-refractivity contribution in [2.45, 2.75) is 32.6 Å². The molecule has 0 bridgehead atoms. The van der Waals surface area contributed by atoms with E-state index < -0.39 is 17.2 Å². The number of carboxylic acids is 1. The summed E-state index contributed by atoms with van der Waals surface area (Å²) >= 11 is 0. The van der Waals surface area contributed by atoms with E-state index in [1.54, 1.807) is 24.0 Å². The second-order valence-electron chi connectivity index (χ2n) is 6.22. The molecule has 1 aliphatic heterocycles. The molecule has 126 valence electrons. The number of methoxy groups -OCH3 is 1. The van der Waals surface area contributed by atoms with Crippen LogP contribution in [0.1, 0.15) is 31.7 Å². The van der Waals surface area contributed by atoms with Gasteiger partial charge in [0.15, 0.2) is 11.6 Å². The van der Waals surface area contributed by atoms with Crippen molar-refractivity contribution in [3.8, 4) is 5.75 Å². The van der Waals surface area contributed by atoms with Gasteiger partial charge in [-0.3, -0.25) is 9.59 Å². The van der Waals surface area contributed by atoms with Crippen molar-refractivity contribution in [2.75, 3.05) is 20.2 Å². The summed E-state index contributed by atoms with van der Waals surface area (Å²) in [5, 5.41) is 9.30. The Morgan fingerprint density at radius 1 is 1.43 bits per heavy atom. The first-order chi connectivity index (χ1) is 10.9. The van der Waals surface area contributed by atoms with Gasteiger partial charge in [0, 0.05) is 19.5 Å². The summed E-state index contributed by atoms with van der Waals surface area (Å²) in [7, 11) is 1.40. The highest BCUT2D eigenvalue weighted by Gasteiger charge is 2.39. The molecule has 1 amide bonds. The number of hydrogen-bond donors (Lipinski definition) is 1. The molecule has 0 spiro atoms. The molecule has 0 aromatic heterocycles. The Morgan fingerprint density at radius 3 is 2.83 bits per heavy atom. The van der Waals surface area contributed by atoms with E-state index in [4.69, 9.17) is 4.74 Å². The topological polar surface area (TPSA) is 66.8 Å². The van der Waals surface area contributed by atoms with E-state index in [-0.39, 0.29) is 31.0 Å². The van der Waals surface area contributed by atoms with Gasteiger partial charge in [-0.2, -0.15) is 0 Å². The van der Waals surface area contributed by atoms with Gasteiger partial charge in [-0.25, -0.2) is 4.39 Å². The fourth-order valence-electron chi connectivity index (χ4n) is 2.93. The van der Waals surface area contributed by atoms with Crippen LogP contribution in [0.2, 0.25) is 0 Å². The highest BCUT2D eigenvalue weighted by atomic mass is 19.1. The Morgan fingerprint density at radius 2 is 2.17 bits per heavy atom. The van der Waals surface area contributed by atoms with Crippen molar-refractivity contribution in [1.82, 2.24) is 4.90 Å². The van der Waals surface area contributed by atoms with Crippen LogP contribution in [0.15, 0.2) is 18.2 Å². The molecule has 1 unspecified atom stereocenters. The Kier molecular flexibility index (Phi) is 5.23. The predicted octanol–water partition coefficient (Wildman–Crippen LogP) is 2.48. The van der Waals surface area contributed by atoms with Gasteiger partial charge in [-0.05, 0) is 37.8 Å². The van der Waals surface area contributed by atoms with Gasteiger partial charge < -0.3 is 14.7 Å². The average molecular weight is 323 g/mol. The van der Waals surface area contributed by atoms with Gasteiger partial charge in [0.2, 0.25) is 5.91 Å². The Balaban J connectivity index is 1.99. The molecule has 5 nitrogen and oxygen atoms in total. The Labute approximate surface area is 135 Å². The van der Waals surface area contributed by atoms with Crippen molar-refractivity contribution in [1.29, 1.82) is 0 Å². The number of rotatable bonds is 5. The summed E-state index contributed by atoms with van der Waals surface area (Å²) in [6.07, 6.45) is 1.65. The van der Waals surface area contributed by atoms with Gasteiger partial charge in [0.1, 0.15) is 0 Å². The molecule has 1 aliphatic rings. The second kappa shape index (κ2) is 6.98. The molecule has 0 radical (unpaired) electrons. The van der Waals surface area contributed by atoms with E-state index in [0.717, 1.165) is 0 Å². The molecule has 1 atom stereocenters. The van der Waals surface area contributed by atoms with Gasteiger partial charge in [0.05, 0.1) is 12.5 Å². The number of likely N-dealkylation sites (tertiary alicyclic amines) is 1. The third-order valence-electron chi connectivity index (χ3n) is 4.44.